The van der Waals surface area contributed by atoms with Gasteiger partial charge in [0.05, 0.1) is 13.7 Å². The summed E-state index contributed by atoms with van der Waals surface area (Å²) in [6, 6.07) is 5.00. The first-order valence-electron chi connectivity index (χ1n) is 9.41. The molecule has 1 heterocycles. The zero-order valence-electron chi connectivity index (χ0n) is 16.0. The molecule has 1 aliphatic rings. The molecule has 2 aromatic rings. The van der Waals surface area contributed by atoms with Crippen LogP contribution in [0, 0.1) is 0 Å². The Morgan fingerprint density at radius 3 is 2.86 bits per heavy atom. The Bertz CT molecular complexity index is 758. The molecule has 0 unspecified atom stereocenters. The smallest absolute Gasteiger partial charge is 0.387 e. The number of methoxy groups -OCH3 is 1. The summed E-state index contributed by atoms with van der Waals surface area (Å²) in [4.78, 5) is 4.41. The van der Waals surface area contributed by atoms with Crippen molar-refractivity contribution in [3.05, 3.63) is 24.1 Å². The normalized spacial score (nSPS) is 19.8. The van der Waals surface area contributed by atoms with Crippen molar-refractivity contribution in [1.29, 1.82) is 0 Å². The molecule has 6 nitrogen and oxygen atoms in total. The zero-order valence-corrected chi connectivity index (χ0v) is 16.8. The van der Waals surface area contributed by atoms with Gasteiger partial charge in [0.1, 0.15) is 0 Å². The van der Waals surface area contributed by atoms with Gasteiger partial charge in [-0.25, -0.2) is 0 Å². The van der Waals surface area contributed by atoms with E-state index in [9.17, 15) is 8.78 Å². The summed E-state index contributed by atoms with van der Waals surface area (Å²) in [5.41, 5.74) is 0.602. The predicted octanol–water partition coefficient (Wildman–Crippen LogP) is 4.50. The summed E-state index contributed by atoms with van der Waals surface area (Å²) in [6.07, 6.45) is 4.91. The van der Waals surface area contributed by atoms with E-state index in [4.69, 9.17) is 9.26 Å². The second-order valence-electron chi connectivity index (χ2n) is 6.52. The highest BCUT2D eigenvalue weighted by Crippen LogP contribution is 2.33. The van der Waals surface area contributed by atoms with Gasteiger partial charge >= 0.3 is 6.61 Å². The van der Waals surface area contributed by atoms with Gasteiger partial charge in [-0.05, 0) is 36.8 Å². The number of rotatable bonds is 9. The van der Waals surface area contributed by atoms with Crippen LogP contribution in [0.5, 0.6) is 11.5 Å². The van der Waals surface area contributed by atoms with E-state index in [1.54, 1.807) is 12.1 Å². The summed E-state index contributed by atoms with van der Waals surface area (Å²) in [5, 5.41) is 8.16. The SMILES string of the molecule is CCS[C@@H]1CCCC[C@@H]1NCc1nc(-c2ccc(OC(F)F)c(OC)c2)no1. The standard InChI is InChI=1S/C19H25F2N3O3S/c1-3-28-16-7-5-4-6-13(16)22-11-17-23-18(24-27-17)12-8-9-14(26-19(20)21)15(10-12)25-2/h8-10,13,16,19,22H,3-7,11H2,1-2H3/t13-,16+/m0/s1. The van der Waals surface area contributed by atoms with E-state index in [0.717, 1.165) is 12.2 Å². The molecule has 0 amide bonds. The minimum atomic E-state index is -2.92. The van der Waals surface area contributed by atoms with E-state index >= 15 is 0 Å². The van der Waals surface area contributed by atoms with Gasteiger partial charge < -0.3 is 19.3 Å². The molecule has 154 valence electrons. The van der Waals surface area contributed by atoms with Crippen LogP contribution in [-0.4, -0.2) is 40.9 Å². The quantitative estimate of drug-likeness (QED) is 0.649. The minimum Gasteiger partial charge on any atom is -0.493 e. The zero-order chi connectivity index (χ0) is 19.9. The Hall–Kier alpha value is -1.87. The molecule has 1 saturated carbocycles. The first kappa shape index (κ1) is 20.9. The van der Waals surface area contributed by atoms with Crippen LogP contribution in [0.3, 0.4) is 0 Å². The van der Waals surface area contributed by atoms with Crippen LogP contribution in [0.15, 0.2) is 22.7 Å². The molecule has 2 atom stereocenters. The highest BCUT2D eigenvalue weighted by molar-refractivity contribution is 7.99. The van der Waals surface area contributed by atoms with Crippen molar-refractivity contribution in [2.24, 2.45) is 0 Å². The van der Waals surface area contributed by atoms with E-state index in [2.05, 4.69) is 27.1 Å². The lowest BCUT2D eigenvalue weighted by molar-refractivity contribution is -0.0512. The molecule has 1 N–H and O–H groups in total. The Labute approximate surface area is 167 Å². The topological polar surface area (TPSA) is 69.4 Å². The van der Waals surface area contributed by atoms with Gasteiger partial charge in [-0.15, -0.1) is 0 Å². The summed E-state index contributed by atoms with van der Waals surface area (Å²) < 4.78 is 39.8. The molecule has 0 saturated heterocycles. The average Bonchev–Trinajstić information content (AvgIpc) is 3.16. The van der Waals surface area contributed by atoms with Crippen molar-refractivity contribution in [1.82, 2.24) is 15.5 Å². The molecule has 1 aromatic carbocycles. The number of benzene rings is 1. The van der Waals surface area contributed by atoms with Crippen molar-refractivity contribution in [2.75, 3.05) is 12.9 Å². The van der Waals surface area contributed by atoms with Gasteiger partial charge in [-0.3, -0.25) is 0 Å². The molecule has 1 aliphatic carbocycles. The average molecular weight is 413 g/mol. The molecule has 9 heteroatoms. The molecular weight excluding hydrogens is 388 g/mol. The number of aromatic nitrogens is 2. The first-order valence-corrected chi connectivity index (χ1v) is 10.5. The minimum absolute atomic E-state index is 0.0385. The summed E-state index contributed by atoms with van der Waals surface area (Å²) >= 11 is 2.00. The van der Waals surface area contributed by atoms with Crippen LogP contribution in [0.1, 0.15) is 38.5 Å². The van der Waals surface area contributed by atoms with Crippen molar-refractivity contribution in [2.45, 2.75) is 57.1 Å². The van der Waals surface area contributed by atoms with Crippen LogP contribution in [0.2, 0.25) is 0 Å². The van der Waals surface area contributed by atoms with Crippen LogP contribution in [-0.2, 0) is 6.54 Å². The predicted molar refractivity (Wildman–Crippen MR) is 104 cm³/mol. The van der Waals surface area contributed by atoms with Gasteiger partial charge in [0, 0.05) is 16.9 Å². The first-order chi connectivity index (χ1) is 13.6. The van der Waals surface area contributed by atoms with Crippen LogP contribution >= 0.6 is 11.8 Å². The molecule has 28 heavy (non-hydrogen) atoms. The highest BCUT2D eigenvalue weighted by Gasteiger charge is 2.25. The lowest BCUT2D eigenvalue weighted by atomic mass is 9.95. The maximum absolute atomic E-state index is 12.5. The third-order valence-corrected chi connectivity index (χ3v) is 6.03. The number of hydrogen-bond donors (Lipinski definition) is 1. The second kappa shape index (κ2) is 10.1. The maximum atomic E-state index is 12.5. The third-order valence-electron chi connectivity index (χ3n) is 4.70. The maximum Gasteiger partial charge on any atom is 0.387 e. The van der Waals surface area contributed by atoms with Gasteiger partial charge in [-0.1, -0.05) is 24.9 Å². The fraction of sp³-hybridized carbons (Fsp3) is 0.579. The van der Waals surface area contributed by atoms with Crippen LogP contribution in [0.25, 0.3) is 11.4 Å². The number of nitrogens with one attached hydrogen (secondary N) is 1. The second-order valence-corrected chi connectivity index (χ2v) is 8.04. The van der Waals surface area contributed by atoms with Crippen molar-refractivity contribution >= 4 is 11.8 Å². The third kappa shape index (κ3) is 5.35. The molecule has 0 aliphatic heterocycles. The van der Waals surface area contributed by atoms with E-state index in [1.165, 1.54) is 32.4 Å². The number of ether oxygens (including phenoxy) is 2. The molecule has 0 spiro atoms. The van der Waals surface area contributed by atoms with E-state index in [1.807, 2.05) is 11.8 Å². The van der Waals surface area contributed by atoms with E-state index < -0.39 is 6.61 Å². The number of nitrogens with zero attached hydrogens (tertiary/aromatic N) is 2. The number of alkyl halides is 2. The molecular formula is C19H25F2N3O3S. The summed E-state index contributed by atoms with van der Waals surface area (Å²) in [7, 11) is 1.39. The van der Waals surface area contributed by atoms with Crippen molar-refractivity contribution in [3.8, 4) is 22.9 Å². The Kier molecular flexibility index (Phi) is 7.50. The highest BCUT2D eigenvalue weighted by atomic mass is 32.2. The van der Waals surface area contributed by atoms with Crippen LogP contribution in [0.4, 0.5) is 8.78 Å². The van der Waals surface area contributed by atoms with Crippen molar-refractivity contribution < 1.29 is 22.8 Å². The van der Waals surface area contributed by atoms with Gasteiger partial charge in [0.25, 0.3) is 0 Å². The van der Waals surface area contributed by atoms with Gasteiger partial charge in [0.15, 0.2) is 11.5 Å². The van der Waals surface area contributed by atoms with Gasteiger partial charge in [-0.2, -0.15) is 25.5 Å². The number of hydrogen-bond acceptors (Lipinski definition) is 7. The Balaban J connectivity index is 1.65. The van der Waals surface area contributed by atoms with Crippen molar-refractivity contribution in [3.63, 3.8) is 0 Å². The molecule has 1 aromatic heterocycles. The summed E-state index contributed by atoms with van der Waals surface area (Å²) in [6.45, 7) is -0.230. The number of halogens is 2. The molecule has 3 rings (SSSR count). The summed E-state index contributed by atoms with van der Waals surface area (Å²) in [5.74, 6) is 2.13. The van der Waals surface area contributed by atoms with E-state index in [0.29, 0.717) is 35.1 Å². The molecule has 0 bridgehead atoms. The lowest BCUT2D eigenvalue weighted by Gasteiger charge is -2.31. The molecule has 1 fully saturated rings. The Morgan fingerprint density at radius 1 is 1.29 bits per heavy atom. The van der Waals surface area contributed by atoms with Gasteiger partial charge in [0.2, 0.25) is 11.7 Å². The van der Waals surface area contributed by atoms with E-state index in [-0.39, 0.29) is 11.5 Å². The number of thioether (sulfide) groups is 1. The fourth-order valence-electron chi connectivity index (χ4n) is 3.41. The van der Waals surface area contributed by atoms with Crippen LogP contribution < -0.4 is 14.8 Å². The monoisotopic (exact) mass is 413 g/mol. The fourth-order valence-corrected chi connectivity index (χ4v) is 4.63. The lowest BCUT2D eigenvalue weighted by Crippen LogP contribution is -2.40. The largest absolute Gasteiger partial charge is 0.493 e. The Morgan fingerprint density at radius 2 is 2.11 bits per heavy atom. The molecule has 0 radical (unpaired) electrons.